The van der Waals surface area contributed by atoms with Gasteiger partial charge in [-0.2, -0.15) is 4.79 Å². The van der Waals surface area contributed by atoms with Crippen molar-refractivity contribution in [3.05, 3.63) is 41.4 Å². The van der Waals surface area contributed by atoms with Crippen LogP contribution in [0.15, 0.2) is 30.3 Å². The minimum atomic E-state index is -0.888. The Morgan fingerprint density at radius 2 is 1.94 bits per heavy atom. The maximum atomic E-state index is 12.1. The molecular weight excluding hydrogens is 228 g/mol. The number of nitrogens with zero attached hydrogens (tertiary/aromatic N) is 2. The van der Waals surface area contributed by atoms with Crippen molar-refractivity contribution in [2.75, 3.05) is 0 Å². The van der Waals surface area contributed by atoms with Crippen molar-refractivity contribution in [2.45, 2.75) is 25.7 Å². The maximum Gasteiger partial charge on any atom is 0.324 e. The standard InChI is InChI=1S/C14H14N2O2/c15-16-10-13(18)14(8-9-14)12(17)7-6-11-4-2-1-3-5-11/h1-5,10H,6-9H2. The molecule has 0 aliphatic heterocycles. The van der Waals surface area contributed by atoms with Gasteiger partial charge >= 0.3 is 6.21 Å². The van der Waals surface area contributed by atoms with E-state index < -0.39 is 5.41 Å². The van der Waals surface area contributed by atoms with Gasteiger partial charge in [0.05, 0.1) is 5.41 Å². The van der Waals surface area contributed by atoms with Crippen LogP contribution in [0.25, 0.3) is 5.53 Å². The number of benzene rings is 1. The third-order valence-corrected chi connectivity index (χ3v) is 3.41. The topological polar surface area (TPSA) is 70.5 Å². The molecule has 1 aliphatic rings. The maximum absolute atomic E-state index is 12.1. The van der Waals surface area contributed by atoms with Gasteiger partial charge in [-0.15, -0.1) is 0 Å². The van der Waals surface area contributed by atoms with Crippen molar-refractivity contribution >= 4 is 17.8 Å². The molecule has 1 saturated carbocycles. The van der Waals surface area contributed by atoms with E-state index in [1.165, 1.54) is 0 Å². The normalized spacial score (nSPS) is 15.6. The first-order valence-electron chi connectivity index (χ1n) is 5.98. The first-order chi connectivity index (χ1) is 8.69. The molecule has 0 saturated heterocycles. The average molecular weight is 242 g/mol. The van der Waals surface area contributed by atoms with Crippen LogP contribution in [0, 0.1) is 5.41 Å². The van der Waals surface area contributed by atoms with Crippen LogP contribution in [-0.4, -0.2) is 22.6 Å². The number of ketones is 2. The molecule has 0 radical (unpaired) electrons. The van der Waals surface area contributed by atoms with Crippen LogP contribution in [0.4, 0.5) is 0 Å². The van der Waals surface area contributed by atoms with Crippen molar-refractivity contribution < 1.29 is 14.4 Å². The highest BCUT2D eigenvalue weighted by molar-refractivity contribution is 6.35. The van der Waals surface area contributed by atoms with Crippen molar-refractivity contribution in [1.29, 1.82) is 0 Å². The molecule has 0 heterocycles. The Morgan fingerprint density at radius 1 is 1.28 bits per heavy atom. The van der Waals surface area contributed by atoms with Crippen molar-refractivity contribution in [3.63, 3.8) is 0 Å². The molecule has 0 unspecified atom stereocenters. The van der Waals surface area contributed by atoms with Gasteiger partial charge in [0, 0.05) is 6.42 Å². The first kappa shape index (κ1) is 12.4. The van der Waals surface area contributed by atoms with Crippen molar-refractivity contribution in [1.82, 2.24) is 0 Å². The van der Waals surface area contributed by atoms with E-state index in [0.29, 0.717) is 25.7 Å². The lowest BCUT2D eigenvalue weighted by Gasteiger charge is -2.07. The smallest absolute Gasteiger partial charge is 0.324 e. The van der Waals surface area contributed by atoms with Gasteiger partial charge in [-0.3, -0.25) is 9.59 Å². The van der Waals surface area contributed by atoms with E-state index in [-0.39, 0.29) is 11.6 Å². The summed E-state index contributed by atoms with van der Waals surface area (Å²) >= 11 is 0. The molecule has 0 bridgehead atoms. The molecule has 0 amide bonds. The van der Waals surface area contributed by atoms with Crippen molar-refractivity contribution in [2.24, 2.45) is 5.41 Å². The highest BCUT2D eigenvalue weighted by atomic mass is 16.2. The predicted octanol–water partition coefficient (Wildman–Crippen LogP) is 1.84. The van der Waals surface area contributed by atoms with E-state index >= 15 is 0 Å². The fraction of sp³-hybridized carbons (Fsp3) is 0.357. The summed E-state index contributed by atoms with van der Waals surface area (Å²) in [6.45, 7) is 0. The Labute approximate surface area is 105 Å². The second-order valence-electron chi connectivity index (χ2n) is 4.60. The zero-order valence-electron chi connectivity index (χ0n) is 10.0. The van der Waals surface area contributed by atoms with Crippen LogP contribution in [0.2, 0.25) is 0 Å². The summed E-state index contributed by atoms with van der Waals surface area (Å²) < 4.78 is 0. The minimum Gasteiger partial charge on any atom is -0.361 e. The molecule has 1 aliphatic carbocycles. The fourth-order valence-corrected chi connectivity index (χ4v) is 2.11. The van der Waals surface area contributed by atoms with Crippen LogP contribution in [0.1, 0.15) is 24.8 Å². The molecule has 1 aromatic rings. The Bertz CT molecular complexity index is 512. The highest BCUT2D eigenvalue weighted by Crippen LogP contribution is 2.47. The van der Waals surface area contributed by atoms with E-state index in [1.807, 2.05) is 30.3 Å². The molecule has 1 fully saturated rings. The molecule has 1 aromatic carbocycles. The Balaban J connectivity index is 1.97. The SMILES string of the molecule is [N-]=[N+]=CC(=O)C1(C(=O)CCc2ccccc2)CC1. The monoisotopic (exact) mass is 242 g/mol. The molecule has 18 heavy (non-hydrogen) atoms. The lowest BCUT2D eigenvalue weighted by Crippen LogP contribution is -2.27. The van der Waals surface area contributed by atoms with Crippen molar-refractivity contribution in [3.8, 4) is 0 Å². The third kappa shape index (κ3) is 2.44. The molecule has 0 spiro atoms. The molecule has 4 heteroatoms. The van der Waals surface area contributed by atoms with Gasteiger partial charge in [0.1, 0.15) is 5.78 Å². The first-order valence-corrected chi connectivity index (χ1v) is 5.98. The zero-order chi connectivity index (χ0) is 13.0. The summed E-state index contributed by atoms with van der Waals surface area (Å²) in [6, 6.07) is 9.70. The predicted molar refractivity (Wildman–Crippen MR) is 66.1 cm³/mol. The molecular formula is C14H14N2O2. The lowest BCUT2D eigenvalue weighted by molar-refractivity contribution is -0.132. The number of hydrogen-bond acceptors (Lipinski definition) is 2. The molecule has 0 aromatic heterocycles. The summed E-state index contributed by atoms with van der Waals surface area (Å²) in [5.41, 5.74) is 8.55. The van der Waals surface area contributed by atoms with E-state index in [0.717, 1.165) is 11.8 Å². The van der Waals surface area contributed by atoms with Gasteiger partial charge in [-0.1, -0.05) is 30.3 Å². The van der Waals surface area contributed by atoms with Gasteiger partial charge in [0.15, 0.2) is 0 Å². The van der Waals surface area contributed by atoms with Gasteiger partial charge in [-0.25, -0.2) is 0 Å². The van der Waals surface area contributed by atoms with E-state index in [9.17, 15) is 9.59 Å². The Hall–Kier alpha value is -2.06. The second-order valence-corrected chi connectivity index (χ2v) is 4.60. The molecule has 4 nitrogen and oxygen atoms in total. The minimum absolute atomic E-state index is 0.0451. The lowest BCUT2D eigenvalue weighted by atomic mass is 9.91. The molecule has 0 atom stereocenters. The summed E-state index contributed by atoms with van der Waals surface area (Å²) in [6.07, 6.45) is 2.99. The molecule has 2 rings (SSSR count). The second kappa shape index (κ2) is 5.07. The molecule has 0 N–H and O–H groups in total. The fourth-order valence-electron chi connectivity index (χ4n) is 2.11. The van der Waals surface area contributed by atoms with Gasteiger partial charge in [0.25, 0.3) is 0 Å². The molecule has 92 valence electrons. The summed E-state index contributed by atoms with van der Waals surface area (Å²) in [5, 5.41) is 0. The van der Waals surface area contributed by atoms with Gasteiger partial charge in [-0.05, 0) is 24.8 Å². The number of carbonyl (C=O) groups is 2. The van der Waals surface area contributed by atoms with Gasteiger partial charge < -0.3 is 5.53 Å². The number of hydrogen-bond donors (Lipinski definition) is 0. The third-order valence-electron chi connectivity index (χ3n) is 3.41. The quantitative estimate of drug-likeness (QED) is 0.330. The van der Waals surface area contributed by atoms with Crippen LogP contribution in [-0.2, 0) is 16.0 Å². The largest absolute Gasteiger partial charge is 0.361 e. The summed E-state index contributed by atoms with van der Waals surface area (Å²) in [5.74, 6) is -0.417. The van der Waals surface area contributed by atoms with Crippen LogP contribution < -0.4 is 0 Å². The zero-order valence-corrected chi connectivity index (χ0v) is 10.0. The van der Waals surface area contributed by atoms with Crippen LogP contribution in [0.5, 0.6) is 0 Å². The number of rotatable bonds is 6. The van der Waals surface area contributed by atoms with E-state index in [4.69, 9.17) is 5.53 Å². The van der Waals surface area contributed by atoms with Crippen LogP contribution in [0.3, 0.4) is 0 Å². The van der Waals surface area contributed by atoms with E-state index in [2.05, 4.69) is 4.79 Å². The van der Waals surface area contributed by atoms with E-state index in [1.54, 1.807) is 0 Å². The summed E-state index contributed by atoms with van der Waals surface area (Å²) in [4.78, 5) is 26.4. The van der Waals surface area contributed by atoms with Crippen LogP contribution >= 0.6 is 0 Å². The number of carbonyl (C=O) groups excluding carboxylic acids is 2. The average Bonchev–Trinajstić information content (AvgIpc) is 3.19. The highest BCUT2D eigenvalue weighted by Gasteiger charge is 2.55. The van der Waals surface area contributed by atoms with Gasteiger partial charge in [0.2, 0.25) is 5.78 Å². The number of aryl methyl sites for hydroxylation is 1. The Kier molecular flexibility index (Phi) is 3.49. The summed E-state index contributed by atoms with van der Waals surface area (Å²) in [7, 11) is 0. The Morgan fingerprint density at radius 3 is 2.50 bits per heavy atom. The number of Topliss-reactive ketones (excluding diaryl/α,β-unsaturated/α-hetero) is 2.